The summed E-state index contributed by atoms with van der Waals surface area (Å²) in [7, 11) is -3.93. The van der Waals surface area contributed by atoms with Gasteiger partial charge in [-0.2, -0.15) is 0 Å². The number of carboxylic acid groups (broad SMARTS) is 1. The lowest BCUT2D eigenvalue weighted by atomic mass is 10.2. The number of hydrogen-bond acceptors (Lipinski definition) is 4. The fourth-order valence-electron chi connectivity index (χ4n) is 0.488. The van der Waals surface area contributed by atoms with Crippen molar-refractivity contribution in [2.45, 2.75) is 26.0 Å². The summed E-state index contributed by atoms with van der Waals surface area (Å²) in [5.74, 6) is -1.25. The molecular formula is C7H15NO5S. The lowest BCUT2D eigenvalue weighted by Crippen LogP contribution is -2.38. The first-order valence-corrected chi connectivity index (χ1v) is 5.67. The Labute approximate surface area is 83.3 Å². The second-order valence-electron chi connectivity index (χ2n) is 3.31. The van der Waals surface area contributed by atoms with Gasteiger partial charge in [-0.3, -0.25) is 9.63 Å². The van der Waals surface area contributed by atoms with Crippen molar-refractivity contribution in [2.24, 2.45) is 5.92 Å². The van der Waals surface area contributed by atoms with Crippen LogP contribution >= 0.6 is 0 Å². The van der Waals surface area contributed by atoms with Gasteiger partial charge in [0.2, 0.25) is 10.0 Å². The van der Waals surface area contributed by atoms with E-state index >= 15 is 0 Å². The monoisotopic (exact) mass is 225 g/mol. The fourth-order valence-corrected chi connectivity index (χ4v) is 1.13. The lowest BCUT2D eigenvalue weighted by molar-refractivity contribution is -0.136. The molecule has 0 aliphatic heterocycles. The number of aliphatic carboxylic acids is 1. The Bertz CT molecular complexity index is 284. The lowest BCUT2D eigenvalue weighted by Gasteiger charge is -2.11. The smallest absolute Gasteiger partial charge is 0.323 e. The number of carbonyl (C=O) groups is 1. The zero-order valence-electron chi connectivity index (χ0n) is 8.35. The molecule has 0 spiro atoms. The van der Waals surface area contributed by atoms with E-state index in [2.05, 4.69) is 4.84 Å². The summed E-state index contributed by atoms with van der Waals surface area (Å²) < 4.78 is 22.3. The molecule has 0 saturated heterocycles. The minimum Gasteiger partial charge on any atom is -0.480 e. The summed E-state index contributed by atoms with van der Waals surface area (Å²) >= 11 is 0. The van der Waals surface area contributed by atoms with Gasteiger partial charge in [0.05, 0.1) is 6.61 Å². The molecule has 14 heavy (non-hydrogen) atoms. The largest absolute Gasteiger partial charge is 0.480 e. The topological polar surface area (TPSA) is 92.7 Å². The number of nitrogens with one attached hydrogen (secondary N) is 1. The molecule has 0 rings (SSSR count). The van der Waals surface area contributed by atoms with Crippen molar-refractivity contribution < 1.29 is 23.2 Å². The number of rotatable bonds is 6. The van der Waals surface area contributed by atoms with E-state index < -0.39 is 21.2 Å². The van der Waals surface area contributed by atoms with Crippen LogP contribution in [0.15, 0.2) is 0 Å². The minimum absolute atomic E-state index is 0.165. The van der Waals surface area contributed by atoms with E-state index in [4.69, 9.17) is 5.11 Å². The highest BCUT2D eigenvalue weighted by atomic mass is 32.2. The molecule has 0 aliphatic rings. The van der Waals surface area contributed by atoms with Gasteiger partial charge in [-0.25, -0.2) is 8.42 Å². The molecule has 0 amide bonds. The third-order valence-electron chi connectivity index (χ3n) is 1.40. The van der Waals surface area contributed by atoms with Gasteiger partial charge in [0, 0.05) is 0 Å². The Morgan fingerprint density at radius 3 is 2.29 bits per heavy atom. The summed E-state index contributed by atoms with van der Waals surface area (Å²) in [6.45, 7) is 4.96. The predicted octanol–water partition coefficient (Wildman–Crippen LogP) is -0.0335. The fraction of sp³-hybridized carbons (Fsp3) is 0.857. The van der Waals surface area contributed by atoms with Crippen LogP contribution in [0.1, 0.15) is 20.8 Å². The van der Waals surface area contributed by atoms with E-state index in [9.17, 15) is 13.2 Å². The number of carboxylic acids is 1. The molecule has 7 heteroatoms. The average Bonchev–Trinajstić information content (AvgIpc) is 2.01. The predicted molar refractivity (Wildman–Crippen MR) is 49.9 cm³/mol. The van der Waals surface area contributed by atoms with Gasteiger partial charge in [-0.1, -0.05) is 18.7 Å². The molecule has 0 bridgehead atoms. The van der Waals surface area contributed by atoms with Crippen molar-refractivity contribution in [3.63, 3.8) is 0 Å². The summed E-state index contributed by atoms with van der Waals surface area (Å²) in [6.07, 6.45) is 0. The van der Waals surface area contributed by atoms with E-state index in [1.165, 1.54) is 0 Å². The van der Waals surface area contributed by atoms with Gasteiger partial charge in [0.25, 0.3) is 0 Å². The van der Waals surface area contributed by atoms with Gasteiger partial charge in [0.15, 0.2) is 5.25 Å². The standard InChI is InChI=1S/C7H15NO5S/c1-5(2)4-13-8-14(11,12)6(3)7(9)10/h5-6,8H,4H2,1-3H3,(H,9,10). The van der Waals surface area contributed by atoms with Crippen molar-refractivity contribution in [3.05, 3.63) is 0 Å². The third-order valence-corrected chi connectivity index (χ3v) is 2.89. The zero-order chi connectivity index (χ0) is 11.4. The van der Waals surface area contributed by atoms with Gasteiger partial charge in [-0.05, 0) is 12.8 Å². The molecule has 0 aromatic carbocycles. The molecule has 0 aromatic heterocycles. The quantitative estimate of drug-likeness (QED) is 0.619. The number of sulfonamides is 1. The first-order valence-electron chi connectivity index (χ1n) is 4.12. The van der Waals surface area contributed by atoms with E-state index in [-0.39, 0.29) is 12.5 Å². The van der Waals surface area contributed by atoms with Gasteiger partial charge < -0.3 is 5.11 Å². The van der Waals surface area contributed by atoms with Gasteiger partial charge in [-0.15, -0.1) is 0 Å². The summed E-state index contributed by atoms with van der Waals surface area (Å²) in [5, 5.41) is 6.93. The summed E-state index contributed by atoms with van der Waals surface area (Å²) in [4.78, 5) is 16.8. The highest BCUT2D eigenvalue weighted by molar-refractivity contribution is 7.90. The molecule has 0 aromatic rings. The van der Waals surface area contributed by atoms with Crippen LogP contribution in [0.4, 0.5) is 0 Å². The van der Waals surface area contributed by atoms with Crippen LogP contribution in [-0.2, 0) is 19.7 Å². The van der Waals surface area contributed by atoms with Crippen LogP contribution in [0.25, 0.3) is 0 Å². The second kappa shape index (κ2) is 5.28. The maximum Gasteiger partial charge on any atom is 0.323 e. The van der Waals surface area contributed by atoms with Gasteiger partial charge >= 0.3 is 5.97 Å². The molecule has 0 aliphatic carbocycles. The van der Waals surface area contributed by atoms with E-state index in [0.717, 1.165) is 6.92 Å². The second-order valence-corrected chi connectivity index (χ2v) is 5.28. The zero-order valence-corrected chi connectivity index (χ0v) is 9.17. The molecule has 0 saturated carbocycles. The van der Waals surface area contributed by atoms with Gasteiger partial charge in [0.1, 0.15) is 0 Å². The van der Waals surface area contributed by atoms with Crippen LogP contribution in [0, 0.1) is 5.92 Å². The van der Waals surface area contributed by atoms with E-state index in [0.29, 0.717) is 0 Å². The van der Waals surface area contributed by atoms with Crippen LogP contribution in [0.2, 0.25) is 0 Å². The van der Waals surface area contributed by atoms with Crippen molar-refractivity contribution in [2.75, 3.05) is 6.61 Å². The Kier molecular flexibility index (Phi) is 5.03. The molecule has 0 radical (unpaired) electrons. The summed E-state index contributed by atoms with van der Waals surface area (Å²) in [5.41, 5.74) is 0. The normalized spacial score (nSPS) is 14.3. The first kappa shape index (κ1) is 13.3. The maximum atomic E-state index is 11.1. The molecular weight excluding hydrogens is 210 g/mol. The van der Waals surface area contributed by atoms with E-state index in [1.807, 2.05) is 13.8 Å². The van der Waals surface area contributed by atoms with Crippen molar-refractivity contribution in [3.8, 4) is 0 Å². The average molecular weight is 225 g/mol. The molecule has 0 heterocycles. The van der Waals surface area contributed by atoms with Crippen LogP contribution in [0.3, 0.4) is 0 Å². The Balaban J connectivity index is 4.16. The highest BCUT2D eigenvalue weighted by Gasteiger charge is 2.27. The molecule has 84 valence electrons. The SMILES string of the molecule is CC(C)CONS(=O)(=O)C(C)C(=O)O. The molecule has 1 atom stereocenters. The molecule has 0 fully saturated rings. The van der Waals surface area contributed by atoms with Crippen molar-refractivity contribution in [1.29, 1.82) is 0 Å². The third kappa shape index (κ3) is 4.54. The minimum atomic E-state index is -3.93. The van der Waals surface area contributed by atoms with Crippen molar-refractivity contribution in [1.82, 2.24) is 4.89 Å². The Hall–Kier alpha value is -0.660. The summed E-state index contributed by atoms with van der Waals surface area (Å²) in [6, 6.07) is 0. The highest BCUT2D eigenvalue weighted by Crippen LogP contribution is 1.99. The molecule has 2 N–H and O–H groups in total. The Morgan fingerprint density at radius 2 is 1.93 bits per heavy atom. The van der Waals surface area contributed by atoms with Crippen LogP contribution in [0.5, 0.6) is 0 Å². The van der Waals surface area contributed by atoms with Crippen LogP contribution < -0.4 is 4.89 Å². The maximum absolute atomic E-state index is 11.1. The Morgan fingerprint density at radius 1 is 1.43 bits per heavy atom. The molecule has 6 nitrogen and oxygen atoms in total. The molecule has 1 unspecified atom stereocenters. The van der Waals surface area contributed by atoms with Crippen molar-refractivity contribution >= 4 is 16.0 Å². The van der Waals surface area contributed by atoms with E-state index in [1.54, 1.807) is 4.89 Å². The first-order chi connectivity index (χ1) is 6.27. The number of hydrogen-bond donors (Lipinski definition) is 2. The van der Waals surface area contributed by atoms with Crippen LogP contribution in [-0.4, -0.2) is 31.4 Å².